The molecule has 1 aliphatic heterocycles. The van der Waals surface area contributed by atoms with Crippen LogP contribution in [0, 0.1) is 13.8 Å². The number of carbonyl (C=O) groups excluding carboxylic acids is 1. The van der Waals surface area contributed by atoms with Crippen molar-refractivity contribution in [2.75, 3.05) is 38.2 Å². The van der Waals surface area contributed by atoms with Gasteiger partial charge in [-0.3, -0.25) is 9.69 Å². The van der Waals surface area contributed by atoms with Crippen molar-refractivity contribution < 1.29 is 9.53 Å². The Kier molecular flexibility index (Phi) is 6.62. The summed E-state index contributed by atoms with van der Waals surface area (Å²) in [6.07, 6.45) is 0.421. The van der Waals surface area contributed by atoms with Crippen molar-refractivity contribution in [2.24, 2.45) is 0 Å². The zero-order valence-corrected chi connectivity index (χ0v) is 17.4. The molecule has 0 atom stereocenters. The summed E-state index contributed by atoms with van der Waals surface area (Å²) >= 11 is 1.70. The number of nitrogens with one attached hydrogen (secondary N) is 2. The fourth-order valence-corrected chi connectivity index (χ4v) is 4.19. The number of morpholine rings is 1. The van der Waals surface area contributed by atoms with E-state index < -0.39 is 0 Å². The second-order valence-electron chi connectivity index (χ2n) is 7.24. The highest BCUT2D eigenvalue weighted by molar-refractivity contribution is 7.18. The Bertz CT molecular complexity index is 799. The number of fused-ring (bicyclic) bond motifs is 1. The van der Waals surface area contributed by atoms with E-state index in [1.54, 1.807) is 11.3 Å². The molecule has 148 valence electrons. The quantitative estimate of drug-likeness (QED) is 0.755. The lowest BCUT2D eigenvalue weighted by atomic mass is 10.2. The number of ether oxygens (including phenoxy) is 1. The van der Waals surface area contributed by atoms with Gasteiger partial charge in [-0.1, -0.05) is 0 Å². The summed E-state index contributed by atoms with van der Waals surface area (Å²) in [4.78, 5) is 26.1. The predicted molar refractivity (Wildman–Crippen MR) is 109 cm³/mol. The van der Waals surface area contributed by atoms with Crippen LogP contribution in [0.2, 0.25) is 0 Å². The van der Waals surface area contributed by atoms with Gasteiger partial charge in [0.15, 0.2) is 0 Å². The molecule has 2 aromatic rings. The van der Waals surface area contributed by atoms with E-state index in [0.717, 1.165) is 54.7 Å². The fourth-order valence-electron chi connectivity index (χ4n) is 3.14. The van der Waals surface area contributed by atoms with Crippen molar-refractivity contribution in [1.29, 1.82) is 0 Å². The molecule has 0 unspecified atom stereocenters. The minimum Gasteiger partial charge on any atom is -0.379 e. The molecule has 1 fully saturated rings. The zero-order valence-electron chi connectivity index (χ0n) is 16.6. The van der Waals surface area contributed by atoms with Gasteiger partial charge in [-0.05, 0) is 33.3 Å². The summed E-state index contributed by atoms with van der Waals surface area (Å²) in [5.74, 6) is 1.71. The normalized spacial score (nSPS) is 15.4. The Balaban J connectivity index is 1.77. The summed E-state index contributed by atoms with van der Waals surface area (Å²) in [6, 6.07) is 0.158. The molecule has 2 N–H and O–H groups in total. The molecule has 0 aliphatic carbocycles. The number of hydrogen-bond acceptors (Lipinski definition) is 7. The SMILES string of the molecule is Cc1sc2nc(CN3CCOCC3)nc(NCCC(=O)NC(C)C)c2c1C. The maximum atomic E-state index is 11.9. The van der Waals surface area contributed by atoms with Crippen LogP contribution in [0.4, 0.5) is 5.82 Å². The number of aryl methyl sites for hydroxylation is 2. The van der Waals surface area contributed by atoms with Crippen molar-refractivity contribution in [3.63, 3.8) is 0 Å². The third-order valence-corrected chi connectivity index (χ3v) is 5.74. The van der Waals surface area contributed by atoms with E-state index in [1.807, 2.05) is 13.8 Å². The van der Waals surface area contributed by atoms with E-state index >= 15 is 0 Å². The monoisotopic (exact) mass is 391 g/mol. The molecule has 1 aliphatic rings. The topological polar surface area (TPSA) is 79.4 Å². The van der Waals surface area contributed by atoms with Gasteiger partial charge in [0.05, 0.1) is 25.1 Å². The van der Waals surface area contributed by atoms with Gasteiger partial charge in [0.1, 0.15) is 16.5 Å². The fraction of sp³-hybridized carbons (Fsp3) is 0.632. The van der Waals surface area contributed by atoms with E-state index in [-0.39, 0.29) is 11.9 Å². The Morgan fingerprint density at radius 1 is 1.26 bits per heavy atom. The van der Waals surface area contributed by atoms with Gasteiger partial charge in [0, 0.05) is 37.0 Å². The van der Waals surface area contributed by atoms with E-state index in [4.69, 9.17) is 14.7 Å². The molecule has 1 saturated heterocycles. The largest absolute Gasteiger partial charge is 0.379 e. The maximum Gasteiger partial charge on any atom is 0.221 e. The molecular formula is C19H29N5O2S. The average Bonchev–Trinajstić information content (AvgIpc) is 2.89. The Morgan fingerprint density at radius 3 is 2.70 bits per heavy atom. The third-order valence-electron chi connectivity index (χ3n) is 4.64. The Morgan fingerprint density at radius 2 is 2.00 bits per heavy atom. The lowest BCUT2D eigenvalue weighted by Gasteiger charge is -2.25. The summed E-state index contributed by atoms with van der Waals surface area (Å²) in [7, 11) is 0. The molecule has 0 bridgehead atoms. The van der Waals surface area contributed by atoms with E-state index in [2.05, 4.69) is 29.4 Å². The number of thiophene rings is 1. The second kappa shape index (κ2) is 8.95. The molecule has 27 heavy (non-hydrogen) atoms. The molecule has 0 radical (unpaired) electrons. The summed E-state index contributed by atoms with van der Waals surface area (Å²) in [6.45, 7) is 12.8. The van der Waals surface area contributed by atoms with Gasteiger partial charge in [-0.15, -0.1) is 11.3 Å². The molecule has 0 spiro atoms. The van der Waals surface area contributed by atoms with Crippen molar-refractivity contribution in [1.82, 2.24) is 20.2 Å². The van der Waals surface area contributed by atoms with Crippen LogP contribution in [0.5, 0.6) is 0 Å². The number of aromatic nitrogens is 2. The van der Waals surface area contributed by atoms with Crippen molar-refractivity contribution in [3.8, 4) is 0 Å². The standard InChI is InChI=1S/C19H29N5O2S/c1-12(2)21-16(25)5-6-20-18-17-13(3)14(4)27-19(17)23-15(22-18)11-24-7-9-26-10-8-24/h12H,5-11H2,1-4H3,(H,21,25)(H,20,22,23). The first-order chi connectivity index (χ1) is 12.9. The van der Waals surface area contributed by atoms with Crippen LogP contribution < -0.4 is 10.6 Å². The maximum absolute atomic E-state index is 11.9. The number of rotatable bonds is 7. The molecule has 2 aromatic heterocycles. The first-order valence-electron chi connectivity index (χ1n) is 9.54. The zero-order chi connectivity index (χ0) is 19.4. The summed E-state index contributed by atoms with van der Waals surface area (Å²) < 4.78 is 5.42. The van der Waals surface area contributed by atoms with Gasteiger partial charge in [0.25, 0.3) is 0 Å². The lowest BCUT2D eigenvalue weighted by Crippen LogP contribution is -2.36. The van der Waals surface area contributed by atoms with Gasteiger partial charge in [-0.2, -0.15) is 0 Å². The predicted octanol–water partition coefficient (Wildman–Crippen LogP) is 2.47. The van der Waals surface area contributed by atoms with E-state index in [9.17, 15) is 4.79 Å². The number of amides is 1. The molecule has 0 aromatic carbocycles. The first kappa shape index (κ1) is 20.0. The number of carbonyl (C=O) groups is 1. The minimum absolute atomic E-state index is 0.0505. The molecule has 0 saturated carbocycles. The lowest BCUT2D eigenvalue weighted by molar-refractivity contribution is -0.121. The number of nitrogens with zero attached hydrogens (tertiary/aromatic N) is 3. The third kappa shape index (κ3) is 5.15. The van der Waals surface area contributed by atoms with E-state index in [1.165, 1.54) is 10.4 Å². The first-order valence-corrected chi connectivity index (χ1v) is 10.4. The van der Waals surface area contributed by atoms with Crippen molar-refractivity contribution in [2.45, 2.75) is 46.7 Å². The molecule has 3 rings (SSSR count). The van der Waals surface area contributed by atoms with Crippen LogP contribution in [0.25, 0.3) is 10.2 Å². The van der Waals surface area contributed by atoms with Gasteiger partial charge in [0.2, 0.25) is 5.91 Å². The van der Waals surface area contributed by atoms with Gasteiger partial charge < -0.3 is 15.4 Å². The van der Waals surface area contributed by atoms with Crippen LogP contribution in [-0.2, 0) is 16.1 Å². The van der Waals surface area contributed by atoms with Crippen LogP contribution in [-0.4, -0.2) is 59.7 Å². The van der Waals surface area contributed by atoms with Gasteiger partial charge >= 0.3 is 0 Å². The van der Waals surface area contributed by atoms with E-state index in [0.29, 0.717) is 13.0 Å². The highest BCUT2D eigenvalue weighted by Crippen LogP contribution is 2.33. The Labute approximate surface area is 164 Å². The number of anilines is 1. The molecular weight excluding hydrogens is 362 g/mol. The molecule has 3 heterocycles. The van der Waals surface area contributed by atoms with Crippen LogP contribution in [0.15, 0.2) is 0 Å². The smallest absolute Gasteiger partial charge is 0.221 e. The highest BCUT2D eigenvalue weighted by atomic mass is 32.1. The second-order valence-corrected chi connectivity index (χ2v) is 8.44. The van der Waals surface area contributed by atoms with Crippen LogP contribution >= 0.6 is 11.3 Å². The summed E-state index contributed by atoms with van der Waals surface area (Å²) in [5, 5.41) is 7.37. The minimum atomic E-state index is 0.0505. The molecule has 8 heteroatoms. The summed E-state index contributed by atoms with van der Waals surface area (Å²) in [5.41, 5.74) is 1.21. The van der Waals surface area contributed by atoms with Crippen molar-refractivity contribution >= 4 is 33.3 Å². The average molecular weight is 392 g/mol. The van der Waals surface area contributed by atoms with Gasteiger partial charge in [-0.25, -0.2) is 9.97 Å². The van der Waals surface area contributed by atoms with Crippen LogP contribution in [0.3, 0.4) is 0 Å². The molecule has 7 nitrogen and oxygen atoms in total. The van der Waals surface area contributed by atoms with Crippen LogP contribution in [0.1, 0.15) is 36.5 Å². The van der Waals surface area contributed by atoms with Crippen molar-refractivity contribution in [3.05, 3.63) is 16.3 Å². The number of hydrogen-bond donors (Lipinski definition) is 2. The molecule has 1 amide bonds. The Hall–Kier alpha value is -1.77. The highest BCUT2D eigenvalue weighted by Gasteiger charge is 2.17.